The van der Waals surface area contributed by atoms with E-state index in [1.165, 1.54) is 0 Å². The van der Waals surface area contributed by atoms with Gasteiger partial charge in [0.15, 0.2) is 0 Å². The van der Waals surface area contributed by atoms with Crippen molar-refractivity contribution in [1.82, 2.24) is 10.2 Å². The van der Waals surface area contributed by atoms with Crippen LogP contribution in [0.5, 0.6) is 0 Å². The van der Waals surface area contributed by atoms with Crippen LogP contribution in [0.15, 0.2) is 0 Å². The van der Waals surface area contributed by atoms with Gasteiger partial charge in [0.05, 0.1) is 12.6 Å². The van der Waals surface area contributed by atoms with Crippen molar-refractivity contribution in [3.63, 3.8) is 0 Å². The van der Waals surface area contributed by atoms with Gasteiger partial charge in [-0.25, -0.2) is 0 Å². The molecule has 2 atom stereocenters. The van der Waals surface area contributed by atoms with E-state index in [0.29, 0.717) is 13.2 Å². The molecule has 1 aliphatic carbocycles. The highest BCUT2D eigenvalue weighted by Crippen LogP contribution is 2.34. The minimum Gasteiger partial charge on any atom is -0.379 e. The number of carbonyl (C=O) groups is 2. The first kappa shape index (κ1) is 12.9. The summed E-state index contributed by atoms with van der Waals surface area (Å²) in [5.41, 5.74) is -0.621. The van der Waals surface area contributed by atoms with Crippen LogP contribution in [-0.2, 0) is 14.3 Å². The number of hydrogen-bond acceptors (Lipinski definition) is 3. The fourth-order valence-corrected chi connectivity index (χ4v) is 3.66. The van der Waals surface area contributed by atoms with Crippen molar-refractivity contribution >= 4 is 11.8 Å². The van der Waals surface area contributed by atoms with Gasteiger partial charge in [-0.3, -0.25) is 9.59 Å². The molecule has 1 N–H and O–H groups in total. The molecule has 2 heterocycles. The van der Waals surface area contributed by atoms with Crippen molar-refractivity contribution in [3.05, 3.63) is 0 Å². The van der Waals surface area contributed by atoms with E-state index >= 15 is 0 Å². The van der Waals surface area contributed by atoms with Crippen molar-refractivity contribution in [2.75, 3.05) is 13.2 Å². The van der Waals surface area contributed by atoms with Gasteiger partial charge in [0, 0.05) is 6.61 Å². The van der Waals surface area contributed by atoms with E-state index in [0.717, 1.165) is 38.5 Å². The number of nitrogens with zero attached hydrogens (tertiary/aromatic N) is 1. The van der Waals surface area contributed by atoms with Gasteiger partial charge in [-0.1, -0.05) is 19.3 Å². The zero-order valence-corrected chi connectivity index (χ0v) is 11.5. The summed E-state index contributed by atoms with van der Waals surface area (Å²) in [4.78, 5) is 26.9. The summed E-state index contributed by atoms with van der Waals surface area (Å²) < 4.78 is 5.39. The summed E-state index contributed by atoms with van der Waals surface area (Å²) in [7, 11) is 0. The maximum Gasteiger partial charge on any atom is 0.249 e. The minimum absolute atomic E-state index is 0.00611. The van der Waals surface area contributed by atoms with Crippen LogP contribution in [0.4, 0.5) is 0 Å². The summed E-state index contributed by atoms with van der Waals surface area (Å²) in [5, 5.41) is 3.01. The van der Waals surface area contributed by atoms with Crippen molar-refractivity contribution in [2.24, 2.45) is 0 Å². The number of amides is 2. The zero-order chi connectivity index (χ0) is 13.5. The molecule has 3 aliphatic rings. The predicted molar refractivity (Wildman–Crippen MR) is 69.5 cm³/mol. The third-order valence-corrected chi connectivity index (χ3v) is 4.81. The number of rotatable bonds is 1. The Hall–Kier alpha value is -1.10. The molecule has 2 amide bonds. The van der Waals surface area contributed by atoms with E-state index in [4.69, 9.17) is 4.74 Å². The Kier molecular flexibility index (Phi) is 3.25. The quantitative estimate of drug-likeness (QED) is 0.764. The maximum absolute atomic E-state index is 12.9. The second-order valence-corrected chi connectivity index (χ2v) is 6.04. The van der Waals surface area contributed by atoms with Gasteiger partial charge < -0.3 is 15.0 Å². The minimum atomic E-state index is -0.621. The third kappa shape index (κ3) is 2.04. The summed E-state index contributed by atoms with van der Waals surface area (Å²) in [5.74, 6) is 0.114. The van der Waals surface area contributed by atoms with Gasteiger partial charge in [0.25, 0.3) is 0 Å². The molecule has 5 heteroatoms. The summed E-state index contributed by atoms with van der Waals surface area (Å²) in [6.45, 7) is 3.08. The summed E-state index contributed by atoms with van der Waals surface area (Å²) in [6, 6.07) is -0.292. The van der Waals surface area contributed by atoms with Crippen LogP contribution < -0.4 is 5.32 Å². The molecule has 2 saturated heterocycles. The second-order valence-electron chi connectivity index (χ2n) is 6.04. The van der Waals surface area contributed by atoms with Gasteiger partial charge in [-0.15, -0.1) is 0 Å². The van der Waals surface area contributed by atoms with Gasteiger partial charge in [0.1, 0.15) is 11.6 Å². The topological polar surface area (TPSA) is 58.6 Å². The molecule has 2 aliphatic heterocycles. The van der Waals surface area contributed by atoms with Gasteiger partial charge in [-0.05, 0) is 26.2 Å². The number of ether oxygens (including phenoxy) is 1. The van der Waals surface area contributed by atoms with Crippen molar-refractivity contribution in [2.45, 2.75) is 63.1 Å². The number of hydrogen-bond donors (Lipinski definition) is 1. The fourth-order valence-electron chi connectivity index (χ4n) is 3.66. The molecule has 0 bridgehead atoms. The zero-order valence-electron chi connectivity index (χ0n) is 11.5. The second kappa shape index (κ2) is 4.78. The molecular formula is C14H22N2O3. The van der Waals surface area contributed by atoms with Crippen LogP contribution in [0, 0.1) is 0 Å². The average Bonchev–Trinajstić information content (AvgIpc) is 2.92. The Morgan fingerprint density at radius 3 is 2.63 bits per heavy atom. The predicted octanol–water partition coefficient (Wildman–Crippen LogP) is 0.825. The molecule has 3 rings (SSSR count). The van der Waals surface area contributed by atoms with Crippen LogP contribution in [0.3, 0.4) is 0 Å². The molecule has 5 nitrogen and oxygen atoms in total. The lowest BCUT2D eigenvalue weighted by Crippen LogP contribution is -2.71. The monoisotopic (exact) mass is 266 g/mol. The molecule has 19 heavy (non-hydrogen) atoms. The highest BCUT2D eigenvalue weighted by molar-refractivity contribution is 5.99. The molecule has 0 aromatic heterocycles. The van der Waals surface area contributed by atoms with E-state index in [1.54, 1.807) is 4.90 Å². The van der Waals surface area contributed by atoms with E-state index in [2.05, 4.69) is 5.32 Å². The SMILES string of the molecule is CC1C(=O)NC2(CCCCC2)C(=O)N1C1CCOC1. The molecule has 0 aromatic rings. The molecule has 0 aromatic carbocycles. The van der Waals surface area contributed by atoms with Gasteiger partial charge >= 0.3 is 0 Å². The van der Waals surface area contributed by atoms with Crippen LogP contribution in [0.2, 0.25) is 0 Å². The maximum atomic E-state index is 12.9. The van der Waals surface area contributed by atoms with E-state index in [9.17, 15) is 9.59 Å². The van der Waals surface area contributed by atoms with Crippen LogP contribution in [0.1, 0.15) is 45.4 Å². The Morgan fingerprint density at radius 2 is 2.00 bits per heavy atom. The van der Waals surface area contributed by atoms with Crippen molar-refractivity contribution < 1.29 is 14.3 Å². The Balaban J connectivity index is 1.88. The first-order valence-electron chi connectivity index (χ1n) is 7.37. The number of piperazine rings is 1. The molecule has 1 spiro atoms. The van der Waals surface area contributed by atoms with Crippen LogP contribution >= 0.6 is 0 Å². The van der Waals surface area contributed by atoms with E-state index < -0.39 is 5.54 Å². The number of carbonyl (C=O) groups excluding carboxylic acids is 2. The number of nitrogens with one attached hydrogen (secondary N) is 1. The van der Waals surface area contributed by atoms with Crippen molar-refractivity contribution in [1.29, 1.82) is 0 Å². The molecule has 1 saturated carbocycles. The lowest BCUT2D eigenvalue weighted by molar-refractivity contribution is -0.158. The highest BCUT2D eigenvalue weighted by atomic mass is 16.5. The Bertz CT molecular complexity index is 384. The molecule has 106 valence electrons. The van der Waals surface area contributed by atoms with E-state index in [1.807, 2.05) is 6.92 Å². The van der Waals surface area contributed by atoms with Gasteiger partial charge in [-0.2, -0.15) is 0 Å². The Labute approximate surface area is 113 Å². The van der Waals surface area contributed by atoms with Crippen LogP contribution in [-0.4, -0.2) is 47.6 Å². The van der Waals surface area contributed by atoms with Gasteiger partial charge in [0.2, 0.25) is 11.8 Å². The average molecular weight is 266 g/mol. The molecule has 2 unspecified atom stereocenters. The molecule has 3 fully saturated rings. The Morgan fingerprint density at radius 1 is 1.26 bits per heavy atom. The fraction of sp³-hybridized carbons (Fsp3) is 0.857. The first-order valence-corrected chi connectivity index (χ1v) is 7.37. The lowest BCUT2D eigenvalue weighted by atomic mass is 9.78. The largest absolute Gasteiger partial charge is 0.379 e. The normalized spacial score (nSPS) is 34.7. The third-order valence-electron chi connectivity index (χ3n) is 4.81. The standard InChI is InChI=1S/C14H22N2O3/c1-10-12(17)15-14(6-3-2-4-7-14)13(18)16(10)11-5-8-19-9-11/h10-11H,2-9H2,1H3,(H,15,17). The molecular weight excluding hydrogens is 244 g/mol. The molecule has 0 radical (unpaired) electrons. The summed E-state index contributed by atoms with van der Waals surface area (Å²) in [6.07, 6.45) is 5.62. The van der Waals surface area contributed by atoms with E-state index in [-0.39, 0.29) is 23.9 Å². The first-order chi connectivity index (χ1) is 9.14. The summed E-state index contributed by atoms with van der Waals surface area (Å²) >= 11 is 0. The highest BCUT2D eigenvalue weighted by Gasteiger charge is 2.51. The van der Waals surface area contributed by atoms with Crippen molar-refractivity contribution in [3.8, 4) is 0 Å². The lowest BCUT2D eigenvalue weighted by Gasteiger charge is -2.48. The smallest absolute Gasteiger partial charge is 0.249 e. The van der Waals surface area contributed by atoms with Crippen LogP contribution in [0.25, 0.3) is 0 Å².